The summed E-state index contributed by atoms with van der Waals surface area (Å²) in [6.07, 6.45) is 0.794. The van der Waals surface area contributed by atoms with Crippen molar-refractivity contribution >= 4 is 31.9 Å². The molecule has 1 amide bonds. The lowest BCUT2D eigenvalue weighted by atomic mass is 10.1. The topological polar surface area (TPSA) is 66.5 Å². The van der Waals surface area contributed by atoms with Crippen LogP contribution in [0.5, 0.6) is 0 Å². The minimum atomic E-state index is -3.40. The van der Waals surface area contributed by atoms with Gasteiger partial charge in [-0.2, -0.15) is 0 Å². The number of carbonyl (C=O) groups is 1. The summed E-state index contributed by atoms with van der Waals surface area (Å²) >= 11 is 3.34. The van der Waals surface area contributed by atoms with Crippen LogP contribution in [0.25, 0.3) is 0 Å². The van der Waals surface area contributed by atoms with Crippen LogP contribution in [0.4, 0.5) is 0 Å². The molecule has 0 unspecified atom stereocenters. The van der Waals surface area contributed by atoms with Gasteiger partial charge in [0.05, 0.1) is 0 Å². The molecular formula is C14H17BrN2O3S. The molecule has 0 bridgehead atoms. The second-order valence-electron chi connectivity index (χ2n) is 4.97. The maximum Gasteiger partial charge on any atom is 0.253 e. The number of rotatable bonds is 5. The Balaban J connectivity index is 1.91. The van der Waals surface area contributed by atoms with Crippen molar-refractivity contribution in [2.24, 2.45) is 5.92 Å². The van der Waals surface area contributed by atoms with E-state index in [1.165, 1.54) is 0 Å². The van der Waals surface area contributed by atoms with Gasteiger partial charge >= 0.3 is 0 Å². The van der Waals surface area contributed by atoms with E-state index in [2.05, 4.69) is 27.2 Å². The standard InChI is InChI=1S/C14H17BrN2O3S/c1-2-21(19,20)16-9-11-7-8-17(10-11)14(18)12-3-5-13(15)6-4-12/h2-6,11,16H,1,7-10H2/t11-/m1/s1. The summed E-state index contributed by atoms with van der Waals surface area (Å²) in [7, 11) is -3.40. The zero-order valence-electron chi connectivity index (χ0n) is 11.5. The van der Waals surface area contributed by atoms with Crippen molar-refractivity contribution in [1.82, 2.24) is 9.62 Å². The van der Waals surface area contributed by atoms with Crippen molar-refractivity contribution in [3.8, 4) is 0 Å². The maximum atomic E-state index is 12.3. The SMILES string of the molecule is C=CS(=O)(=O)NC[C@H]1CCN(C(=O)c2ccc(Br)cc2)C1. The minimum Gasteiger partial charge on any atom is -0.338 e. The third kappa shape index (κ3) is 4.39. The average Bonchev–Trinajstić information content (AvgIpc) is 2.94. The molecular weight excluding hydrogens is 356 g/mol. The molecule has 0 aliphatic carbocycles. The van der Waals surface area contributed by atoms with E-state index in [0.29, 0.717) is 25.2 Å². The number of amides is 1. The second kappa shape index (κ2) is 6.72. The van der Waals surface area contributed by atoms with Crippen molar-refractivity contribution in [2.75, 3.05) is 19.6 Å². The number of carbonyl (C=O) groups excluding carboxylic acids is 1. The van der Waals surface area contributed by atoms with E-state index in [1.54, 1.807) is 17.0 Å². The molecule has 1 aromatic rings. The summed E-state index contributed by atoms with van der Waals surface area (Å²) in [6.45, 7) is 4.79. The van der Waals surface area contributed by atoms with Gasteiger partial charge in [0.15, 0.2) is 0 Å². The predicted octanol–water partition coefficient (Wildman–Crippen LogP) is 1.97. The van der Waals surface area contributed by atoms with Crippen LogP contribution in [0, 0.1) is 5.92 Å². The predicted molar refractivity (Wildman–Crippen MR) is 85.3 cm³/mol. The van der Waals surface area contributed by atoms with E-state index in [4.69, 9.17) is 0 Å². The Kier molecular flexibility index (Phi) is 5.18. The number of halogens is 1. The zero-order chi connectivity index (χ0) is 15.5. The van der Waals surface area contributed by atoms with Gasteiger partial charge in [0.25, 0.3) is 5.91 Å². The lowest BCUT2D eigenvalue weighted by Gasteiger charge is -2.16. The molecule has 1 aromatic carbocycles. The minimum absolute atomic E-state index is 0.0171. The van der Waals surface area contributed by atoms with Gasteiger partial charge in [-0.15, -0.1) is 0 Å². The largest absolute Gasteiger partial charge is 0.338 e. The fraction of sp³-hybridized carbons (Fsp3) is 0.357. The summed E-state index contributed by atoms with van der Waals surface area (Å²) in [5.74, 6) is 0.121. The lowest BCUT2D eigenvalue weighted by molar-refractivity contribution is 0.0787. The molecule has 1 heterocycles. The van der Waals surface area contributed by atoms with Crippen LogP contribution < -0.4 is 4.72 Å². The molecule has 114 valence electrons. The van der Waals surface area contributed by atoms with Crippen molar-refractivity contribution in [3.05, 3.63) is 46.3 Å². The zero-order valence-corrected chi connectivity index (χ0v) is 13.9. The van der Waals surface area contributed by atoms with Gasteiger partial charge in [-0.3, -0.25) is 4.79 Å². The summed E-state index contributed by atoms with van der Waals surface area (Å²) in [4.78, 5) is 14.1. The van der Waals surface area contributed by atoms with Crippen LogP contribution in [0.1, 0.15) is 16.8 Å². The molecule has 0 saturated carbocycles. The summed E-state index contributed by atoms with van der Waals surface area (Å²) < 4.78 is 26.0. The molecule has 1 aliphatic heterocycles. The Morgan fingerprint density at radius 2 is 2.10 bits per heavy atom. The first-order valence-electron chi connectivity index (χ1n) is 6.58. The van der Waals surface area contributed by atoms with E-state index in [9.17, 15) is 13.2 Å². The summed E-state index contributed by atoms with van der Waals surface area (Å²) in [5, 5.41) is 0.896. The highest BCUT2D eigenvalue weighted by Crippen LogP contribution is 2.19. The second-order valence-corrected chi connectivity index (χ2v) is 7.60. The summed E-state index contributed by atoms with van der Waals surface area (Å²) in [6, 6.07) is 7.22. The summed E-state index contributed by atoms with van der Waals surface area (Å²) in [5.41, 5.74) is 0.644. The highest BCUT2D eigenvalue weighted by molar-refractivity contribution is 9.10. The Hall–Kier alpha value is -1.18. The first-order valence-corrected chi connectivity index (χ1v) is 8.92. The van der Waals surface area contributed by atoms with Crippen LogP contribution in [-0.4, -0.2) is 38.9 Å². The quantitative estimate of drug-likeness (QED) is 0.858. The van der Waals surface area contributed by atoms with Gasteiger partial charge in [0.1, 0.15) is 0 Å². The van der Waals surface area contributed by atoms with Gasteiger partial charge in [-0.1, -0.05) is 22.5 Å². The maximum absolute atomic E-state index is 12.3. The highest BCUT2D eigenvalue weighted by Gasteiger charge is 2.27. The fourth-order valence-corrected chi connectivity index (χ4v) is 3.10. The Labute approximate surface area is 133 Å². The number of nitrogens with one attached hydrogen (secondary N) is 1. The third-order valence-corrected chi connectivity index (χ3v) is 4.99. The van der Waals surface area contributed by atoms with Crippen LogP contribution in [0.15, 0.2) is 40.7 Å². The van der Waals surface area contributed by atoms with Crippen LogP contribution >= 0.6 is 15.9 Å². The smallest absolute Gasteiger partial charge is 0.253 e. The van der Waals surface area contributed by atoms with Crippen LogP contribution in [0.2, 0.25) is 0 Å². The third-order valence-electron chi connectivity index (χ3n) is 3.46. The molecule has 2 rings (SSSR count). The molecule has 0 spiro atoms. The monoisotopic (exact) mass is 372 g/mol. The Bertz CT molecular complexity index is 628. The molecule has 21 heavy (non-hydrogen) atoms. The van der Waals surface area contributed by atoms with E-state index in [-0.39, 0.29) is 11.8 Å². The molecule has 1 saturated heterocycles. The fourth-order valence-electron chi connectivity index (χ4n) is 2.25. The molecule has 1 N–H and O–H groups in total. The Morgan fingerprint density at radius 3 is 2.71 bits per heavy atom. The molecule has 1 aliphatic rings. The van der Waals surface area contributed by atoms with Crippen molar-refractivity contribution < 1.29 is 13.2 Å². The first-order chi connectivity index (χ1) is 9.91. The molecule has 1 fully saturated rings. The molecule has 7 heteroatoms. The van der Waals surface area contributed by atoms with Gasteiger partial charge in [-0.25, -0.2) is 13.1 Å². The number of benzene rings is 1. The number of hydrogen-bond acceptors (Lipinski definition) is 3. The molecule has 1 atom stereocenters. The Morgan fingerprint density at radius 1 is 1.43 bits per heavy atom. The molecule has 0 radical (unpaired) electrons. The number of hydrogen-bond donors (Lipinski definition) is 1. The van der Waals surface area contributed by atoms with Gasteiger partial charge in [-0.05, 0) is 36.6 Å². The van der Waals surface area contributed by atoms with E-state index >= 15 is 0 Å². The van der Waals surface area contributed by atoms with Gasteiger partial charge in [0, 0.05) is 35.1 Å². The van der Waals surface area contributed by atoms with E-state index in [1.807, 2.05) is 12.1 Å². The van der Waals surface area contributed by atoms with Crippen molar-refractivity contribution in [2.45, 2.75) is 6.42 Å². The van der Waals surface area contributed by atoms with E-state index < -0.39 is 10.0 Å². The van der Waals surface area contributed by atoms with Crippen molar-refractivity contribution in [1.29, 1.82) is 0 Å². The molecule has 0 aromatic heterocycles. The molecule has 5 nitrogen and oxygen atoms in total. The number of nitrogens with zero attached hydrogens (tertiary/aromatic N) is 1. The van der Waals surface area contributed by atoms with Crippen molar-refractivity contribution in [3.63, 3.8) is 0 Å². The number of sulfonamides is 1. The van der Waals surface area contributed by atoms with Crippen LogP contribution in [-0.2, 0) is 10.0 Å². The van der Waals surface area contributed by atoms with E-state index in [0.717, 1.165) is 16.3 Å². The van der Waals surface area contributed by atoms with Gasteiger partial charge in [0.2, 0.25) is 10.0 Å². The van der Waals surface area contributed by atoms with Crippen LogP contribution in [0.3, 0.4) is 0 Å². The first kappa shape index (κ1) is 16.2. The normalized spacial score (nSPS) is 18.7. The van der Waals surface area contributed by atoms with Gasteiger partial charge < -0.3 is 4.90 Å². The number of likely N-dealkylation sites (tertiary alicyclic amines) is 1. The lowest BCUT2D eigenvalue weighted by Crippen LogP contribution is -2.32. The highest BCUT2D eigenvalue weighted by atomic mass is 79.9. The average molecular weight is 373 g/mol.